The van der Waals surface area contributed by atoms with E-state index < -0.39 is 11.1 Å². The fraction of sp³-hybridized carbons (Fsp3) is 0.769. The van der Waals surface area contributed by atoms with Gasteiger partial charge in [-0.05, 0) is 18.9 Å². The second-order valence-corrected chi connectivity index (χ2v) is 5.94. The summed E-state index contributed by atoms with van der Waals surface area (Å²) in [7, 11) is 1.69. The lowest BCUT2D eigenvalue weighted by Gasteiger charge is -2.24. The first kappa shape index (κ1) is 17.0. The lowest BCUT2D eigenvalue weighted by atomic mass is 10.0. The molecule has 0 radical (unpaired) electrons. The van der Waals surface area contributed by atoms with Crippen molar-refractivity contribution in [2.45, 2.75) is 44.8 Å². The van der Waals surface area contributed by atoms with Crippen LogP contribution in [0.4, 0.5) is 0 Å². The highest BCUT2D eigenvalue weighted by Gasteiger charge is 2.16. The molecule has 0 aliphatic heterocycles. The standard InChI is InChI=1S/C13H24N4O2S/c1-5-7-14-10(9(3)6-2)8-20-13-15-11(18)12(19)16-17(13)4/h9-10,14H,5-8H2,1-4H3,(H,16,19). The Bertz CT molecular complexity index is 526. The molecule has 1 heterocycles. The molecule has 1 aromatic rings. The van der Waals surface area contributed by atoms with Crippen molar-refractivity contribution < 1.29 is 0 Å². The van der Waals surface area contributed by atoms with Crippen LogP contribution < -0.4 is 16.4 Å². The minimum Gasteiger partial charge on any atom is -0.313 e. The Morgan fingerprint density at radius 1 is 1.40 bits per heavy atom. The van der Waals surface area contributed by atoms with Gasteiger partial charge in [0, 0.05) is 18.8 Å². The van der Waals surface area contributed by atoms with Crippen molar-refractivity contribution in [3.8, 4) is 0 Å². The second-order valence-electron chi connectivity index (χ2n) is 4.96. The molecule has 0 aliphatic rings. The van der Waals surface area contributed by atoms with Crippen LogP contribution in [0.2, 0.25) is 0 Å². The topological polar surface area (TPSA) is 79.8 Å². The van der Waals surface area contributed by atoms with Crippen LogP contribution >= 0.6 is 11.8 Å². The average Bonchev–Trinajstić information content (AvgIpc) is 2.43. The molecule has 2 atom stereocenters. The third-order valence-corrected chi connectivity index (χ3v) is 4.48. The van der Waals surface area contributed by atoms with Gasteiger partial charge in [-0.15, -0.1) is 0 Å². The van der Waals surface area contributed by atoms with E-state index in [1.54, 1.807) is 7.05 Å². The highest BCUT2D eigenvalue weighted by molar-refractivity contribution is 7.99. The van der Waals surface area contributed by atoms with Gasteiger partial charge < -0.3 is 5.32 Å². The molecule has 1 rings (SSSR count). The van der Waals surface area contributed by atoms with E-state index in [0.717, 1.165) is 25.1 Å². The van der Waals surface area contributed by atoms with Crippen LogP contribution in [0.5, 0.6) is 0 Å². The summed E-state index contributed by atoms with van der Waals surface area (Å²) in [6.45, 7) is 7.51. The van der Waals surface area contributed by atoms with E-state index in [1.807, 2.05) is 0 Å². The van der Waals surface area contributed by atoms with Gasteiger partial charge in [-0.2, -0.15) is 4.98 Å². The van der Waals surface area contributed by atoms with Crippen LogP contribution in [0.3, 0.4) is 0 Å². The summed E-state index contributed by atoms with van der Waals surface area (Å²) < 4.78 is 1.50. The molecule has 2 unspecified atom stereocenters. The van der Waals surface area contributed by atoms with Crippen LogP contribution in [0.15, 0.2) is 14.7 Å². The van der Waals surface area contributed by atoms with E-state index in [4.69, 9.17) is 0 Å². The fourth-order valence-electron chi connectivity index (χ4n) is 1.79. The minimum atomic E-state index is -0.729. The van der Waals surface area contributed by atoms with Crippen LogP contribution in [-0.2, 0) is 7.05 Å². The number of thioether (sulfide) groups is 1. The molecule has 0 spiro atoms. The van der Waals surface area contributed by atoms with Gasteiger partial charge >= 0.3 is 11.1 Å². The Hall–Kier alpha value is -1.08. The smallest absolute Gasteiger partial charge is 0.313 e. The largest absolute Gasteiger partial charge is 0.339 e. The minimum absolute atomic E-state index is 0.369. The number of hydrogen-bond donors (Lipinski definition) is 2. The Kier molecular flexibility index (Phi) is 7.01. The third-order valence-electron chi connectivity index (χ3n) is 3.33. The highest BCUT2D eigenvalue weighted by Crippen LogP contribution is 2.18. The monoisotopic (exact) mass is 300 g/mol. The van der Waals surface area contributed by atoms with E-state index >= 15 is 0 Å². The van der Waals surface area contributed by atoms with Crippen molar-refractivity contribution >= 4 is 11.8 Å². The zero-order chi connectivity index (χ0) is 15.1. The number of H-pyrrole nitrogens is 1. The van der Waals surface area contributed by atoms with Gasteiger partial charge in [0.25, 0.3) is 0 Å². The number of hydrogen-bond acceptors (Lipinski definition) is 5. The SMILES string of the molecule is CCCNC(CSc1nc(=O)c(=O)[nH]n1C)C(C)CC. The molecule has 7 heteroatoms. The van der Waals surface area contributed by atoms with Crippen LogP contribution in [0, 0.1) is 5.92 Å². The number of nitrogens with zero attached hydrogens (tertiary/aromatic N) is 2. The van der Waals surface area contributed by atoms with Crippen molar-refractivity contribution in [3.05, 3.63) is 20.7 Å². The Morgan fingerprint density at radius 2 is 2.10 bits per heavy atom. The number of rotatable bonds is 8. The van der Waals surface area contributed by atoms with E-state index in [-0.39, 0.29) is 0 Å². The summed E-state index contributed by atoms with van der Waals surface area (Å²) in [4.78, 5) is 26.3. The van der Waals surface area contributed by atoms with Gasteiger partial charge in [0.1, 0.15) is 0 Å². The van der Waals surface area contributed by atoms with Gasteiger partial charge in [-0.25, -0.2) is 0 Å². The second kappa shape index (κ2) is 8.26. The zero-order valence-electron chi connectivity index (χ0n) is 12.6. The van der Waals surface area contributed by atoms with Crippen molar-refractivity contribution in [2.75, 3.05) is 12.3 Å². The summed E-state index contributed by atoms with van der Waals surface area (Å²) in [5, 5.41) is 6.53. The van der Waals surface area contributed by atoms with Crippen molar-refractivity contribution in [2.24, 2.45) is 13.0 Å². The van der Waals surface area contributed by atoms with Gasteiger partial charge in [-0.1, -0.05) is 39.0 Å². The normalized spacial score (nSPS) is 14.2. The molecule has 0 amide bonds. The van der Waals surface area contributed by atoms with E-state index in [2.05, 4.69) is 36.2 Å². The number of aromatic nitrogens is 3. The average molecular weight is 300 g/mol. The fourth-order valence-corrected chi connectivity index (χ4v) is 2.95. The molecule has 0 fully saturated rings. The van der Waals surface area contributed by atoms with Crippen molar-refractivity contribution in [1.82, 2.24) is 20.1 Å². The Morgan fingerprint density at radius 3 is 2.70 bits per heavy atom. The van der Waals surface area contributed by atoms with Crippen molar-refractivity contribution in [1.29, 1.82) is 0 Å². The molecule has 6 nitrogen and oxygen atoms in total. The number of aryl methyl sites for hydroxylation is 1. The predicted octanol–water partition coefficient (Wildman–Crippen LogP) is 0.975. The molecule has 2 N–H and O–H groups in total. The van der Waals surface area contributed by atoms with Crippen LogP contribution in [0.25, 0.3) is 0 Å². The van der Waals surface area contributed by atoms with E-state index in [9.17, 15) is 9.59 Å². The summed E-state index contributed by atoms with van der Waals surface area (Å²) >= 11 is 1.49. The first-order valence-corrected chi connectivity index (χ1v) is 8.01. The van der Waals surface area contributed by atoms with Gasteiger partial charge in [0.05, 0.1) is 0 Å². The lowest BCUT2D eigenvalue weighted by molar-refractivity contribution is 0.396. The molecule has 0 aromatic carbocycles. The number of nitrogens with one attached hydrogen (secondary N) is 2. The molecular formula is C13H24N4O2S. The van der Waals surface area contributed by atoms with Gasteiger partial charge in [0.2, 0.25) is 0 Å². The van der Waals surface area contributed by atoms with E-state index in [0.29, 0.717) is 17.1 Å². The van der Waals surface area contributed by atoms with Gasteiger partial charge in [0.15, 0.2) is 5.16 Å². The molecule has 0 saturated carbocycles. The first-order valence-electron chi connectivity index (χ1n) is 7.03. The van der Waals surface area contributed by atoms with Gasteiger partial charge in [-0.3, -0.25) is 19.4 Å². The maximum Gasteiger partial charge on any atom is 0.339 e. The van der Waals surface area contributed by atoms with Crippen LogP contribution in [-0.4, -0.2) is 33.1 Å². The lowest BCUT2D eigenvalue weighted by Crippen LogP contribution is -2.38. The highest BCUT2D eigenvalue weighted by atomic mass is 32.2. The Labute approximate surface area is 123 Å². The third kappa shape index (κ3) is 4.79. The zero-order valence-corrected chi connectivity index (χ0v) is 13.4. The van der Waals surface area contributed by atoms with Crippen molar-refractivity contribution in [3.63, 3.8) is 0 Å². The Balaban J connectivity index is 2.74. The molecule has 114 valence electrons. The molecule has 0 bridgehead atoms. The predicted molar refractivity (Wildman–Crippen MR) is 82.4 cm³/mol. The summed E-state index contributed by atoms with van der Waals surface area (Å²) in [6, 6.07) is 0.369. The summed E-state index contributed by atoms with van der Waals surface area (Å²) in [6.07, 6.45) is 2.19. The molecule has 1 aromatic heterocycles. The quantitative estimate of drug-likeness (QED) is 0.552. The molecular weight excluding hydrogens is 276 g/mol. The summed E-state index contributed by atoms with van der Waals surface area (Å²) in [5.41, 5.74) is -1.41. The first-order chi connectivity index (χ1) is 9.49. The molecule has 20 heavy (non-hydrogen) atoms. The maximum atomic E-state index is 11.3. The molecule has 0 saturated heterocycles. The summed E-state index contributed by atoms with van der Waals surface area (Å²) in [5.74, 6) is 1.37. The number of aromatic amines is 1. The maximum absolute atomic E-state index is 11.3. The van der Waals surface area contributed by atoms with Crippen LogP contribution in [0.1, 0.15) is 33.6 Å². The van der Waals surface area contributed by atoms with E-state index in [1.165, 1.54) is 16.4 Å². The molecule has 0 aliphatic carbocycles.